The van der Waals surface area contributed by atoms with Crippen LogP contribution in [-0.2, 0) is 23.5 Å². The van der Waals surface area contributed by atoms with E-state index in [1.165, 1.54) is 0 Å². The van der Waals surface area contributed by atoms with Crippen molar-refractivity contribution in [1.82, 2.24) is 0 Å². The van der Waals surface area contributed by atoms with Gasteiger partial charge in [0.15, 0.2) is 5.54 Å². The van der Waals surface area contributed by atoms with Gasteiger partial charge in [-0.1, -0.05) is 73.5 Å². The lowest BCUT2D eigenvalue weighted by Gasteiger charge is -2.33. The molecule has 39 heavy (non-hydrogen) atoms. The number of nitrogens with zero attached hydrogens (tertiary/aromatic N) is 1. The van der Waals surface area contributed by atoms with Gasteiger partial charge in [-0.15, -0.1) is 0 Å². The van der Waals surface area contributed by atoms with E-state index >= 15 is 0 Å². The predicted molar refractivity (Wildman–Crippen MR) is 158 cm³/mol. The van der Waals surface area contributed by atoms with Crippen LogP contribution in [0.15, 0.2) is 65.7 Å². The summed E-state index contributed by atoms with van der Waals surface area (Å²) in [6, 6.07) is 19.8. The maximum atomic E-state index is 13.9. The Morgan fingerprint density at radius 1 is 0.872 bits per heavy atom. The Morgan fingerprint density at radius 3 is 1.85 bits per heavy atom. The van der Waals surface area contributed by atoms with Crippen LogP contribution in [0.3, 0.4) is 0 Å². The van der Waals surface area contributed by atoms with Crippen LogP contribution in [0.2, 0.25) is 6.32 Å². The fourth-order valence-electron chi connectivity index (χ4n) is 4.60. The molecule has 3 rings (SSSR count). The lowest BCUT2D eigenvalue weighted by Crippen LogP contribution is -2.44. The monoisotopic (exact) mass is 531 g/mol. The van der Waals surface area contributed by atoms with Crippen molar-refractivity contribution in [2.45, 2.75) is 103 Å². The molecule has 0 bridgehead atoms. The van der Waals surface area contributed by atoms with E-state index in [2.05, 4.69) is 27.7 Å². The summed E-state index contributed by atoms with van der Waals surface area (Å²) >= 11 is 0. The third-order valence-electron chi connectivity index (χ3n) is 7.41. The topological polar surface area (TPSA) is 66.3 Å². The largest absolute Gasteiger partial charge is 0.458 e. The minimum atomic E-state index is -1.19. The Kier molecular flexibility index (Phi) is 10.2. The number of esters is 1. The van der Waals surface area contributed by atoms with Gasteiger partial charge in [-0.3, -0.25) is 4.99 Å². The molecule has 1 aliphatic heterocycles. The number of aliphatic imine (C=N–C) groups is 1. The molecule has 2 aromatic rings. The smallest absolute Gasteiger partial charge is 0.457 e. The Morgan fingerprint density at radius 2 is 1.38 bits per heavy atom. The molecule has 1 heterocycles. The first kappa shape index (κ1) is 31.1. The molecule has 1 atom stereocenters. The van der Waals surface area contributed by atoms with Gasteiger partial charge in [0.1, 0.15) is 5.60 Å². The highest BCUT2D eigenvalue weighted by molar-refractivity contribution is 6.45. The van der Waals surface area contributed by atoms with Gasteiger partial charge in [-0.05, 0) is 61.2 Å². The highest BCUT2D eigenvalue weighted by Crippen LogP contribution is 2.38. The van der Waals surface area contributed by atoms with E-state index in [0.29, 0.717) is 12.8 Å². The quantitative estimate of drug-likeness (QED) is 0.138. The molecule has 2 radical (unpaired) electrons. The summed E-state index contributed by atoms with van der Waals surface area (Å²) in [7, 11) is 5.18. The van der Waals surface area contributed by atoms with Crippen molar-refractivity contribution in [3.05, 3.63) is 71.8 Å². The molecule has 6 nitrogen and oxygen atoms in total. The maximum absolute atomic E-state index is 13.9. The fraction of sp³-hybridized carbons (Fsp3) is 0.548. The Labute approximate surface area is 236 Å². The predicted octanol–water partition coefficient (Wildman–Crippen LogP) is 6.36. The van der Waals surface area contributed by atoms with E-state index in [1.807, 2.05) is 81.4 Å². The minimum absolute atomic E-state index is 0.164. The Hall–Kier alpha value is -2.41. The number of benzene rings is 2. The zero-order valence-electron chi connectivity index (χ0n) is 24.7. The fourth-order valence-corrected chi connectivity index (χ4v) is 4.60. The second-order valence-electron chi connectivity index (χ2n) is 12.3. The van der Waals surface area contributed by atoms with Gasteiger partial charge in [0.2, 0.25) is 0 Å². The molecule has 0 aromatic heterocycles. The first-order valence-electron chi connectivity index (χ1n) is 13.9. The molecule has 1 unspecified atom stereocenters. The highest BCUT2D eigenvalue weighted by Gasteiger charge is 2.50. The van der Waals surface area contributed by atoms with Gasteiger partial charge in [-0.25, -0.2) is 4.79 Å². The summed E-state index contributed by atoms with van der Waals surface area (Å²) in [4.78, 5) is 19.2. The van der Waals surface area contributed by atoms with Crippen molar-refractivity contribution in [2.24, 2.45) is 4.99 Å². The van der Waals surface area contributed by atoms with Crippen LogP contribution >= 0.6 is 0 Å². The average Bonchev–Trinajstić information content (AvgIpc) is 3.08. The van der Waals surface area contributed by atoms with Crippen molar-refractivity contribution in [2.75, 3.05) is 6.61 Å². The van der Waals surface area contributed by atoms with Crippen LogP contribution in [0, 0.1) is 0 Å². The number of ether oxygens (including phenoxy) is 1. The van der Waals surface area contributed by atoms with Gasteiger partial charge in [0.05, 0.1) is 16.9 Å². The number of hydrogen-bond acceptors (Lipinski definition) is 6. The standard InChI is InChI=1S/C31H43B2NO5/c1-28(2,3)37-27(35)31(21-23-36-32,20-14-15-22-33-38-29(4,5)30(6,7)39-33)34-26(24-16-10-8-11-17-24)25-18-12-9-13-19-25/h8-13,16-19H,14-15,20-23H2,1-7H3. The lowest BCUT2D eigenvalue weighted by atomic mass is 9.80. The molecule has 2 aromatic carbocycles. The highest BCUT2D eigenvalue weighted by atomic mass is 16.7. The zero-order chi connectivity index (χ0) is 28.7. The van der Waals surface area contributed by atoms with E-state index in [9.17, 15) is 4.79 Å². The SMILES string of the molecule is [B]OCCC(CCCCB1OC(C)(C)C(C)(C)O1)(N=C(c1ccccc1)c1ccccc1)C(=O)OC(C)(C)C. The molecule has 1 saturated heterocycles. The number of carbonyl (C=O) groups is 1. The van der Waals surface area contributed by atoms with Gasteiger partial charge in [0.25, 0.3) is 8.05 Å². The van der Waals surface area contributed by atoms with E-state index in [1.54, 1.807) is 0 Å². The Bertz CT molecular complexity index is 1040. The maximum Gasteiger partial charge on any atom is 0.457 e. The summed E-state index contributed by atoms with van der Waals surface area (Å²) in [5, 5.41) is 0. The lowest BCUT2D eigenvalue weighted by molar-refractivity contribution is -0.162. The van der Waals surface area contributed by atoms with E-state index in [4.69, 9.17) is 31.7 Å². The Balaban J connectivity index is 1.96. The molecular formula is C31H43B2NO5. The van der Waals surface area contributed by atoms with Crippen molar-refractivity contribution in [1.29, 1.82) is 0 Å². The van der Waals surface area contributed by atoms with Crippen molar-refractivity contribution < 1.29 is 23.5 Å². The normalized spacial score (nSPS) is 17.9. The minimum Gasteiger partial charge on any atom is -0.458 e. The number of carbonyl (C=O) groups excluding carboxylic acids is 1. The summed E-state index contributed by atoms with van der Waals surface area (Å²) < 4.78 is 23.3. The molecular weight excluding hydrogens is 488 g/mol. The zero-order valence-corrected chi connectivity index (χ0v) is 24.7. The van der Waals surface area contributed by atoms with Crippen LogP contribution in [0.5, 0.6) is 0 Å². The number of rotatable bonds is 12. The van der Waals surface area contributed by atoms with Crippen LogP contribution in [0.4, 0.5) is 0 Å². The summed E-state index contributed by atoms with van der Waals surface area (Å²) in [6.07, 6.45) is 2.99. The van der Waals surface area contributed by atoms with Gasteiger partial charge in [0, 0.05) is 24.2 Å². The van der Waals surface area contributed by atoms with E-state index in [-0.39, 0.29) is 37.3 Å². The third kappa shape index (κ3) is 8.29. The van der Waals surface area contributed by atoms with E-state index < -0.39 is 11.1 Å². The number of unbranched alkanes of at least 4 members (excludes halogenated alkanes) is 1. The molecule has 1 aliphatic rings. The van der Waals surface area contributed by atoms with Gasteiger partial charge >= 0.3 is 13.1 Å². The summed E-state index contributed by atoms with van der Waals surface area (Å²) in [6.45, 7) is 14.0. The van der Waals surface area contributed by atoms with Crippen LogP contribution < -0.4 is 0 Å². The van der Waals surface area contributed by atoms with Crippen molar-refractivity contribution >= 4 is 26.8 Å². The third-order valence-corrected chi connectivity index (χ3v) is 7.41. The first-order valence-corrected chi connectivity index (χ1v) is 13.9. The summed E-state index contributed by atoms with van der Waals surface area (Å²) in [5.74, 6) is -0.382. The number of hydrogen-bond donors (Lipinski definition) is 0. The molecule has 0 saturated carbocycles. The van der Waals surface area contributed by atoms with Crippen molar-refractivity contribution in [3.63, 3.8) is 0 Å². The second-order valence-corrected chi connectivity index (χ2v) is 12.3. The van der Waals surface area contributed by atoms with Gasteiger partial charge < -0.3 is 18.7 Å². The molecule has 0 aliphatic carbocycles. The first-order chi connectivity index (χ1) is 18.3. The van der Waals surface area contributed by atoms with E-state index in [0.717, 1.165) is 29.6 Å². The van der Waals surface area contributed by atoms with Crippen molar-refractivity contribution in [3.8, 4) is 0 Å². The van der Waals surface area contributed by atoms with Crippen LogP contribution in [-0.4, -0.2) is 55.8 Å². The van der Waals surface area contributed by atoms with Crippen LogP contribution in [0.1, 0.15) is 85.3 Å². The average molecular weight is 531 g/mol. The molecule has 0 amide bonds. The second kappa shape index (κ2) is 12.8. The van der Waals surface area contributed by atoms with Gasteiger partial charge in [-0.2, -0.15) is 0 Å². The molecule has 0 N–H and O–H groups in total. The molecule has 1 fully saturated rings. The molecule has 8 heteroatoms. The molecule has 0 spiro atoms. The van der Waals surface area contributed by atoms with Crippen LogP contribution in [0.25, 0.3) is 0 Å². The summed E-state index contributed by atoms with van der Waals surface area (Å²) in [5.41, 5.74) is -0.0509. The molecule has 208 valence electrons.